The highest BCUT2D eigenvalue weighted by atomic mass is 35.5. The highest BCUT2D eigenvalue weighted by molar-refractivity contribution is 6.35. The fourth-order valence-electron chi connectivity index (χ4n) is 4.15. The molecule has 0 aromatic heterocycles. The van der Waals surface area contributed by atoms with Gasteiger partial charge in [0, 0.05) is 6.54 Å². The van der Waals surface area contributed by atoms with Crippen LogP contribution < -0.4 is 31.2 Å². The van der Waals surface area contributed by atoms with Crippen LogP contribution in [0.5, 0.6) is 11.5 Å². The standard InChI is InChI=1S/C30H44ClN7O4.4ClH/c31-28-23-29(39)38(30(28)40)20-22-42-27-11-7-25(8-12-27)37-36-24-5-9-26(10-6-24)41-21-19-35-18-4-17-34-15-2-1-14-33-16-3-13-32;;;;/h5-12,28,33-35H,1-4,13-23,32H2;4*1H. The number of unbranched alkanes of at least 4 members (excludes halogenated alkanes) is 1. The smallest absolute Gasteiger partial charge is 0.247 e. The van der Waals surface area contributed by atoms with Gasteiger partial charge in [-0.15, -0.1) is 61.2 Å². The average Bonchev–Trinajstić information content (AvgIpc) is 3.25. The summed E-state index contributed by atoms with van der Waals surface area (Å²) in [6.07, 6.45) is 4.55. The van der Waals surface area contributed by atoms with Crippen molar-refractivity contribution in [1.29, 1.82) is 0 Å². The molecule has 1 heterocycles. The molecular weight excluding hydrogens is 700 g/mol. The number of rotatable bonds is 22. The third-order valence-electron chi connectivity index (χ3n) is 6.50. The Morgan fingerprint density at radius 2 is 1.15 bits per heavy atom. The minimum Gasteiger partial charge on any atom is -0.492 e. The van der Waals surface area contributed by atoms with Crippen molar-refractivity contribution in [3.8, 4) is 11.5 Å². The van der Waals surface area contributed by atoms with Crippen LogP contribution in [0.25, 0.3) is 0 Å². The second kappa shape index (κ2) is 28.1. The van der Waals surface area contributed by atoms with E-state index in [0.29, 0.717) is 23.7 Å². The Kier molecular flexibility index (Phi) is 28.2. The summed E-state index contributed by atoms with van der Waals surface area (Å²) >= 11 is 5.83. The van der Waals surface area contributed by atoms with Gasteiger partial charge in [-0.1, -0.05) is 0 Å². The van der Waals surface area contributed by atoms with E-state index >= 15 is 0 Å². The highest BCUT2D eigenvalue weighted by Crippen LogP contribution is 2.23. The van der Waals surface area contributed by atoms with Crippen LogP contribution in [0.2, 0.25) is 0 Å². The number of hydrogen-bond acceptors (Lipinski definition) is 10. The summed E-state index contributed by atoms with van der Waals surface area (Å²) < 4.78 is 11.4. The normalized spacial score (nSPS) is 13.9. The number of alkyl halides is 1. The number of nitrogens with two attached hydrogens (primary N) is 1. The zero-order chi connectivity index (χ0) is 29.8. The number of carbonyl (C=O) groups excluding carboxylic acids is 2. The summed E-state index contributed by atoms with van der Waals surface area (Å²) in [5.41, 5.74) is 6.86. The average molecular weight is 748 g/mol. The van der Waals surface area contributed by atoms with Gasteiger partial charge in [-0.05, 0) is 113 Å². The second-order valence-corrected chi connectivity index (χ2v) is 10.4. The van der Waals surface area contributed by atoms with Crippen molar-refractivity contribution in [2.24, 2.45) is 16.0 Å². The first-order valence-electron chi connectivity index (χ1n) is 14.7. The first-order valence-corrected chi connectivity index (χ1v) is 15.2. The number of nitrogens with one attached hydrogen (secondary N) is 3. The van der Waals surface area contributed by atoms with Crippen LogP contribution in [0, 0.1) is 0 Å². The number of carbonyl (C=O) groups is 2. The summed E-state index contributed by atoms with van der Waals surface area (Å²) in [4.78, 5) is 24.8. The van der Waals surface area contributed by atoms with E-state index in [2.05, 4.69) is 26.2 Å². The maximum Gasteiger partial charge on any atom is 0.247 e. The molecule has 0 bridgehead atoms. The largest absolute Gasteiger partial charge is 0.492 e. The van der Waals surface area contributed by atoms with Crippen molar-refractivity contribution in [3.63, 3.8) is 0 Å². The van der Waals surface area contributed by atoms with E-state index in [1.807, 2.05) is 24.3 Å². The van der Waals surface area contributed by atoms with Crippen molar-refractivity contribution < 1.29 is 19.1 Å². The molecule has 16 heteroatoms. The molecule has 1 aliphatic rings. The van der Waals surface area contributed by atoms with Gasteiger partial charge in [0.05, 0.1) is 24.3 Å². The molecule has 1 aliphatic heterocycles. The molecule has 11 nitrogen and oxygen atoms in total. The zero-order valence-corrected chi connectivity index (χ0v) is 29.9. The Morgan fingerprint density at radius 1 is 0.696 bits per heavy atom. The molecule has 2 aromatic carbocycles. The van der Waals surface area contributed by atoms with E-state index in [1.165, 1.54) is 12.8 Å². The predicted molar refractivity (Wildman–Crippen MR) is 194 cm³/mol. The maximum absolute atomic E-state index is 11.8. The van der Waals surface area contributed by atoms with E-state index in [1.54, 1.807) is 24.3 Å². The Hall–Kier alpha value is -1.93. The molecule has 3 rings (SSSR count). The Bertz CT molecular complexity index is 1100. The molecule has 1 unspecified atom stereocenters. The van der Waals surface area contributed by atoms with E-state index in [9.17, 15) is 9.59 Å². The summed E-state index contributed by atoms with van der Waals surface area (Å²) in [5.74, 6) is 0.764. The zero-order valence-electron chi connectivity index (χ0n) is 25.9. The van der Waals surface area contributed by atoms with Crippen LogP contribution in [-0.2, 0) is 9.59 Å². The van der Waals surface area contributed by atoms with Gasteiger partial charge in [-0.25, -0.2) is 0 Å². The van der Waals surface area contributed by atoms with Crippen LogP contribution in [0.15, 0.2) is 58.8 Å². The van der Waals surface area contributed by atoms with Gasteiger partial charge >= 0.3 is 0 Å². The quantitative estimate of drug-likeness (QED) is 0.0558. The predicted octanol–water partition coefficient (Wildman–Crippen LogP) is 5.20. The molecule has 0 aliphatic carbocycles. The van der Waals surface area contributed by atoms with Crippen molar-refractivity contribution >= 4 is 84.4 Å². The molecule has 2 amide bonds. The van der Waals surface area contributed by atoms with Gasteiger partial charge in [-0.3, -0.25) is 14.5 Å². The first-order chi connectivity index (χ1) is 20.6. The third kappa shape index (κ3) is 18.4. The minimum atomic E-state index is -0.767. The molecule has 1 saturated heterocycles. The molecule has 1 fully saturated rings. The lowest BCUT2D eigenvalue weighted by Crippen LogP contribution is -2.34. The first kappa shape index (κ1) is 46.2. The monoisotopic (exact) mass is 745 g/mol. The number of imide groups is 1. The molecule has 46 heavy (non-hydrogen) atoms. The van der Waals surface area contributed by atoms with Gasteiger partial charge in [-0.2, -0.15) is 10.2 Å². The lowest BCUT2D eigenvalue weighted by molar-refractivity contribution is -0.138. The van der Waals surface area contributed by atoms with Crippen LogP contribution in [0.4, 0.5) is 11.4 Å². The van der Waals surface area contributed by atoms with Crippen LogP contribution in [0.1, 0.15) is 32.1 Å². The lowest BCUT2D eigenvalue weighted by atomic mass is 10.3. The molecule has 0 saturated carbocycles. The number of halogens is 5. The van der Waals surface area contributed by atoms with Gasteiger partial charge < -0.3 is 31.2 Å². The SMILES string of the molecule is Cl.Cl.Cl.Cl.NCCCNCCCCNCCCNCCOc1ccc(N=Nc2ccc(OCCN3C(=O)CC(Cl)C3=O)cc2)cc1. The van der Waals surface area contributed by atoms with Crippen molar-refractivity contribution in [1.82, 2.24) is 20.9 Å². The summed E-state index contributed by atoms with van der Waals surface area (Å²) in [6.45, 7) is 7.62. The Morgan fingerprint density at radius 3 is 1.63 bits per heavy atom. The highest BCUT2D eigenvalue weighted by Gasteiger charge is 2.36. The fraction of sp³-hybridized carbons (Fsp3) is 0.533. The number of ether oxygens (including phenoxy) is 2. The fourth-order valence-corrected chi connectivity index (χ4v) is 4.40. The molecule has 2 aromatic rings. The topological polar surface area (TPSA) is 143 Å². The van der Waals surface area contributed by atoms with Crippen LogP contribution in [-0.4, -0.2) is 87.7 Å². The number of azo groups is 1. The van der Waals surface area contributed by atoms with Crippen LogP contribution in [0.3, 0.4) is 0 Å². The summed E-state index contributed by atoms with van der Waals surface area (Å²) in [5, 5.41) is 18.1. The molecule has 1 atom stereocenters. The molecular formula is C30H48Cl5N7O4. The second-order valence-electron chi connectivity index (χ2n) is 9.89. The number of benzene rings is 2. The summed E-state index contributed by atoms with van der Waals surface area (Å²) in [7, 11) is 0. The van der Waals surface area contributed by atoms with Crippen molar-refractivity contribution in [3.05, 3.63) is 48.5 Å². The van der Waals surface area contributed by atoms with Crippen molar-refractivity contribution in [2.75, 3.05) is 65.6 Å². The van der Waals surface area contributed by atoms with Gasteiger partial charge in [0.1, 0.15) is 30.1 Å². The maximum atomic E-state index is 11.8. The van der Waals surface area contributed by atoms with Gasteiger partial charge in [0.2, 0.25) is 11.8 Å². The number of hydrogen-bond donors (Lipinski definition) is 4. The van der Waals surface area contributed by atoms with E-state index < -0.39 is 5.38 Å². The third-order valence-corrected chi connectivity index (χ3v) is 6.84. The van der Waals surface area contributed by atoms with Crippen molar-refractivity contribution in [2.45, 2.75) is 37.5 Å². The molecule has 262 valence electrons. The number of nitrogens with zero attached hydrogens (tertiary/aromatic N) is 3. The molecule has 0 radical (unpaired) electrons. The molecule has 0 spiro atoms. The Labute approximate surface area is 302 Å². The number of amides is 2. The van der Waals surface area contributed by atoms with E-state index in [4.69, 9.17) is 26.8 Å². The molecule has 5 N–H and O–H groups in total. The lowest BCUT2D eigenvalue weighted by Gasteiger charge is -2.14. The Balaban J connectivity index is 0. The van der Waals surface area contributed by atoms with E-state index in [0.717, 1.165) is 69.3 Å². The van der Waals surface area contributed by atoms with Gasteiger partial charge in [0.25, 0.3) is 0 Å². The number of likely N-dealkylation sites (tertiary alicyclic amines) is 1. The summed E-state index contributed by atoms with van der Waals surface area (Å²) in [6, 6.07) is 14.6. The van der Waals surface area contributed by atoms with E-state index in [-0.39, 0.29) is 81.0 Å². The van der Waals surface area contributed by atoms with Crippen LogP contribution >= 0.6 is 61.2 Å². The van der Waals surface area contributed by atoms with Gasteiger partial charge in [0.15, 0.2) is 0 Å². The minimum absolute atomic E-state index is 0.